The maximum Gasteiger partial charge on any atom is 0.129 e. The van der Waals surface area contributed by atoms with Crippen LogP contribution < -0.4 is 14.7 Å². The molecule has 1 saturated heterocycles. The van der Waals surface area contributed by atoms with E-state index in [-0.39, 0.29) is 5.92 Å². The van der Waals surface area contributed by atoms with Crippen molar-refractivity contribution in [1.29, 1.82) is 0 Å². The van der Waals surface area contributed by atoms with E-state index in [1.807, 2.05) is 23.3 Å². The third kappa shape index (κ3) is 7.79. The molecule has 2 fully saturated rings. The first-order valence-electron chi connectivity index (χ1n) is 16.2. The molecule has 2 unspecified atom stereocenters. The van der Waals surface area contributed by atoms with Crippen LogP contribution in [-0.4, -0.2) is 50.6 Å². The van der Waals surface area contributed by atoms with E-state index >= 15 is 0 Å². The summed E-state index contributed by atoms with van der Waals surface area (Å²) in [4.78, 5) is 6.87. The van der Waals surface area contributed by atoms with Gasteiger partial charge in [-0.05, 0) is 111 Å². The van der Waals surface area contributed by atoms with Crippen LogP contribution in [0, 0.1) is 17.6 Å². The molecule has 5 nitrogen and oxygen atoms in total. The number of aryl methyl sites for hydroxylation is 1. The van der Waals surface area contributed by atoms with Gasteiger partial charge in [-0.3, -0.25) is 5.01 Å². The molecular formula is C37H47F2N5. The van der Waals surface area contributed by atoms with E-state index in [1.165, 1.54) is 23.0 Å². The second kappa shape index (κ2) is 14.7. The summed E-state index contributed by atoms with van der Waals surface area (Å²) in [5.74, 6) is -0.0929. The van der Waals surface area contributed by atoms with Gasteiger partial charge in [0.05, 0.1) is 0 Å². The van der Waals surface area contributed by atoms with Gasteiger partial charge in [0.1, 0.15) is 18.0 Å². The van der Waals surface area contributed by atoms with Crippen molar-refractivity contribution in [2.45, 2.75) is 64.3 Å². The molecular weight excluding hydrogens is 552 g/mol. The Hall–Kier alpha value is -3.87. The molecule has 44 heavy (non-hydrogen) atoms. The summed E-state index contributed by atoms with van der Waals surface area (Å²) in [5, 5.41) is 6.55. The fourth-order valence-corrected chi connectivity index (χ4v) is 6.49. The predicted octanol–water partition coefficient (Wildman–Crippen LogP) is 8.43. The van der Waals surface area contributed by atoms with Crippen LogP contribution in [0.25, 0.3) is 0 Å². The van der Waals surface area contributed by atoms with Crippen molar-refractivity contribution in [2.75, 3.05) is 47.9 Å². The first-order valence-corrected chi connectivity index (χ1v) is 16.2. The fraction of sp³-hybridized carbons (Fsp3) is 0.432. The van der Waals surface area contributed by atoms with Crippen molar-refractivity contribution in [1.82, 2.24) is 5.01 Å². The highest BCUT2D eigenvalue weighted by Gasteiger charge is 2.27. The van der Waals surface area contributed by atoms with E-state index in [0.29, 0.717) is 17.5 Å². The van der Waals surface area contributed by atoms with Crippen molar-refractivity contribution in [3.05, 3.63) is 102 Å². The molecule has 234 valence electrons. The summed E-state index contributed by atoms with van der Waals surface area (Å²) in [5.41, 5.74) is 5.59. The van der Waals surface area contributed by atoms with E-state index in [4.69, 9.17) is 0 Å². The van der Waals surface area contributed by atoms with Gasteiger partial charge in [0.15, 0.2) is 0 Å². The Morgan fingerprint density at radius 2 is 1.57 bits per heavy atom. The topological polar surface area (TPSA) is 25.3 Å². The zero-order chi connectivity index (χ0) is 31.1. The van der Waals surface area contributed by atoms with Crippen molar-refractivity contribution in [2.24, 2.45) is 11.0 Å². The van der Waals surface area contributed by atoms with Gasteiger partial charge in [0.2, 0.25) is 0 Å². The number of hydrogen-bond donors (Lipinski definition) is 0. The van der Waals surface area contributed by atoms with E-state index < -0.39 is 11.6 Å². The molecule has 0 amide bonds. The molecule has 1 heterocycles. The third-order valence-corrected chi connectivity index (χ3v) is 9.66. The Bertz CT molecular complexity index is 1380. The largest absolute Gasteiger partial charge is 0.368 e. The molecule has 0 spiro atoms. The van der Waals surface area contributed by atoms with Crippen LogP contribution in [0.15, 0.2) is 84.6 Å². The van der Waals surface area contributed by atoms with E-state index in [1.54, 1.807) is 12.3 Å². The average Bonchev–Trinajstić information content (AvgIpc) is 3.53. The maximum absolute atomic E-state index is 14.2. The Balaban J connectivity index is 1.07. The lowest BCUT2D eigenvalue weighted by Gasteiger charge is -2.37. The highest BCUT2D eigenvalue weighted by atomic mass is 19.1. The standard InChI is InChI=1S/C37H47F2N5/c1-5-28(3)41(4)40-27-42(6-2)33-16-18-35(19-17-33)44-23-21-43(22-24-44)34-14-10-29(11-15-34)7-8-30-9-12-31(25-30)36-20-13-32(38)26-37(36)39/h6,10-11,13-20,26-28,30-31H,2,5,7-9,12,21-25H2,1,3-4H3/b40-27-/t28?,30-,31?/m1/s1. The van der Waals surface area contributed by atoms with Crippen LogP contribution in [0.3, 0.4) is 0 Å². The monoisotopic (exact) mass is 599 g/mol. The second-order valence-electron chi connectivity index (χ2n) is 12.4. The van der Waals surface area contributed by atoms with Gasteiger partial charge in [-0.2, -0.15) is 5.10 Å². The van der Waals surface area contributed by atoms with Crippen molar-refractivity contribution >= 4 is 23.4 Å². The molecule has 1 aliphatic carbocycles. The molecule has 3 atom stereocenters. The molecule has 0 radical (unpaired) electrons. The number of benzene rings is 3. The lowest BCUT2D eigenvalue weighted by Crippen LogP contribution is -2.46. The summed E-state index contributed by atoms with van der Waals surface area (Å²) in [6.07, 6.45) is 9.90. The Morgan fingerprint density at radius 1 is 0.932 bits per heavy atom. The molecule has 7 heteroatoms. The van der Waals surface area contributed by atoms with Crippen LogP contribution in [0.4, 0.5) is 25.8 Å². The third-order valence-electron chi connectivity index (χ3n) is 9.66. The molecule has 3 aromatic rings. The molecule has 0 aromatic heterocycles. The second-order valence-corrected chi connectivity index (χ2v) is 12.4. The SMILES string of the molecule is C=CN(/C=N\N(C)C(C)CC)c1ccc(N2CCN(c3ccc(CC[C@@H]4CCC(c5ccc(F)cc5F)C4)cc3)CC2)cc1. The van der Waals surface area contributed by atoms with Gasteiger partial charge in [0, 0.05) is 68.6 Å². The lowest BCUT2D eigenvalue weighted by molar-refractivity contribution is 0.265. The minimum absolute atomic E-state index is 0.211. The van der Waals surface area contributed by atoms with Crippen LogP contribution in [0.1, 0.15) is 63.0 Å². The average molecular weight is 600 g/mol. The number of hydrogen-bond acceptors (Lipinski definition) is 4. The summed E-state index contributed by atoms with van der Waals surface area (Å²) in [6.45, 7) is 12.2. The molecule has 1 saturated carbocycles. The minimum atomic E-state index is -0.500. The number of nitrogens with zero attached hydrogens (tertiary/aromatic N) is 5. The molecule has 1 aliphatic heterocycles. The Kier molecular flexibility index (Phi) is 10.6. The van der Waals surface area contributed by atoms with E-state index in [2.05, 4.69) is 83.9 Å². The summed E-state index contributed by atoms with van der Waals surface area (Å²) in [7, 11) is 2.00. The Morgan fingerprint density at radius 3 is 2.16 bits per heavy atom. The number of rotatable bonds is 12. The summed E-state index contributed by atoms with van der Waals surface area (Å²) in [6, 6.07) is 22.1. The number of anilines is 3. The fourth-order valence-electron chi connectivity index (χ4n) is 6.49. The zero-order valence-electron chi connectivity index (χ0n) is 26.5. The summed E-state index contributed by atoms with van der Waals surface area (Å²) >= 11 is 0. The highest BCUT2D eigenvalue weighted by Crippen LogP contribution is 2.41. The zero-order valence-corrected chi connectivity index (χ0v) is 26.5. The normalized spacial score (nSPS) is 19.4. The van der Waals surface area contributed by atoms with Gasteiger partial charge < -0.3 is 14.7 Å². The van der Waals surface area contributed by atoms with Crippen molar-refractivity contribution in [3.8, 4) is 0 Å². The predicted molar refractivity (Wildman–Crippen MR) is 181 cm³/mol. The molecule has 0 bridgehead atoms. The van der Waals surface area contributed by atoms with Gasteiger partial charge in [0.25, 0.3) is 0 Å². The molecule has 5 rings (SSSR count). The van der Waals surface area contributed by atoms with Crippen LogP contribution in [-0.2, 0) is 6.42 Å². The van der Waals surface area contributed by atoms with Crippen LogP contribution in [0.2, 0.25) is 0 Å². The first-order chi connectivity index (χ1) is 21.3. The number of halogens is 2. The highest BCUT2D eigenvalue weighted by molar-refractivity contribution is 5.81. The lowest BCUT2D eigenvalue weighted by atomic mass is 9.93. The van der Waals surface area contributed by atoms with Crippen LogP contribution >= 0.6 is 0 Å². The van der Waals surface area contributed by atoms with Gasteiger partial charge in [-0.1, -0.05) is 31.7 Å². The quantitative estimate of drug-likeness (QED) is 0.119. The van der Waals surface area contributed by atoms with Crippen molar-refractivity contribution in [3.63, 3.8) is 0 Å². The number of piperazine rings is 1. The maximum atomic E-state index is 14.2. The minimum Gasteiger partial charge on any atom is -0.368 e. The molecule has 2 aliphatic rings. The molecule has 0 N–H and O–H groups in total. The van der Waals surface area contributed by atoms with E-state index in [0.717, 1.165) is 76.5 Å². The van der Waals surface area contributed by atoms with Gasteiger partial charge in [-0.25, -0.2) is 8.78 Å². The van der Waals surface area contributed by atoms with Crippen LogP contribution in [0.5, 0.6) is 0 Å². The summed E-state index contributed by atoms with van der Waals surface area (Å²) < 4.78 is 27.6. The van der Waals surface area contributed by atoms with Gasteiger partial charge >= 0.3 is 0 Å². The smallest absolute Gasteiger partial charge is 0.129 e. The van der Waals surface area contributed by atoms with Gasteiger partial charge in [-0.15, -0.1) is 0 Å². The Labute approximate surface area is 262 Å². The van der Waals surface area contributed by atoms with E-state index in [9.17, 15) is 8.78 Å². The number of hydrazone groups is 1. The molecule has 3 aromatic carbocycles. The van der Waals surface area contributed by atoms with Crippen molar-refractivity contribution < 1.29 is 8.78 Å². The first kappa shape index (κ1) is 31.6.